The maximum absolute atomic E-state index is 13.7. The Balaban J connectivity index is 2.04. The Hall–Kier alpha value is -2.83. The molecule has 94 valence electrons. The SMILES string of the molecule is Nc1ccc(F)c(-c2nc(-c3ncccn3)no2)c1. The minimum atomic E-state index is -0.488. The number of anilines is 1. The fourth-order valence-electron chi connectivity index (χ4n) is 1.55. The third-order valence-corrected chi connectivity index (χ3v) is 2.41. The van der Waals surface area contributed by atoms with Gasteiger partial charge < -0.3 is 10.3 Å². The van der Waals surface area contributed by atoms with Crippen molar-refractivity contribution < 1.29 is 8.91 Å². The summed E-state index contributed by atoms with van der Waals surface area (Å²) in [5.74, 6) is 0.0462. The van der Waals surface area contributed by atoms with Gasteiger partial charge in [0.15, 0.2) is 0 Å². The first kappa shape index (κ1) is 11.3. The van der Waals surface area contributed by atoms with Crippen molar-refractivity contribution in [3.63, 3.8) is 0 Å². The maximum Gasteiger partial charge on any atom is 0.261 e. The van der Waals surface area contributed by atoms with Crippen molar-refractivity contribution in [3.05, 3.63) is 42.5 Å². The summed E-state index contributed by atoms with van der Waals surface area (Å²) in [4.78, 5) is 12.0. The summed E-state index contributed by atoms with van der Waals surface area (Å²) >= 11 is 0. The van der Waals surface area contributed by atoms with Crippen LogP contribution in [0.15, 0.2) is 41.2 Å². The van der Waals surface area contributed by atoms with E-state index in [1.54, 1.807) is 18.5 Å². The molecule has 1 aromatic carbocycles. The van der Waals surface area contributed by atoms with Gasteiger partial charge in [-0.15, -0.1) is 0 Å². The first-order valence-electron chi connectivity index (χ1n) is 5.40. The number of nitrogens with zero attached hydrogens (tertiary/aromatic N) is 4. The number of hydrogen-bond donors (Lipinski definition) is 1. The average Bonchev–Trinajstić information content (AvgIpc) is 2.92. The molecule has 2 heterocycles. The van der Waals surface area contributed by atoms with Gasteiger partial charge in [-0.05, 0) is 24.3 Å². The van der Waals surface area contributed by atoms with Crippen molar-refractivity contribution in [2.75, 3.05) is 5.73 Å². The summed E-state index contributed by atoms with van der Waals surface area (Å²) in [6, 6.07) is 5.80. The van der Waals surface area contributed by atoms with Gasteiger partial charge in [0.2, 0.25) is 11.6 Å². The third-order valence-electron chi connectivity index (χ3n) is 2.41. The highest BCUT2D eigenvalue weighted by molar-refractivity contribution is 5.61. The molecule has 3 rings (SSSR count). The molecule has 0 amide bonds. The van der Waals surface area contributed by atoms with E-state index in [-0.39, 0.29) is 17.3 Å². The normalized spacial score (nSPS) is 10.6. The first-order valence-corrected chi connectivity index (χ1v) is 5.40. The summed E-state index contributed by atoms with van der Waals surface area (Å²) in [6.45, 7) is 0. The van der Waals surface area contributed by atoms with Crippen LogP contribution in [0.2, 0.25) is 0 Å². The first-order chi connectivity index (χ1) is 9.24. The van der Waals surface area contributed by atoms with Gasteiger partial charge in [0.1, 0.15) is 5.82 Å². The molecule has 0 saturated carbocycles. The molecule has 19 heavy (non-hydrogen) atoms. The number of aromatic nitrogens is 4. The van der Waals surface area contributed by atoms with Gasteiger partial charge in [-0.3, -0.25) is 0 Å². The van der Waals surface area contributed by atoms with E-state index in [1.165, 1.54) is 18.2 Å². The maximum atomic E-state index is 13.7. The van der Waals surface area contributed by atoms with Crippen LogP contribution in [-0.2, 0) is 0 Å². The van der Waals surface area contributed by atoms with Gasteiger partial charge in [-0.25, -0.2) is 14.4 Å². The number of hydrogen-bond acceptors (Lipinski definition) is 6. The molecule has 0 radical (unpaired) electrons. The van der Waals surface area contributed by atoms with Gasteiger partial charge in [-0.1, -0.05) is 5.16 Å². The second kappa shape index (κ2) is 4.45. The van der Waals surface area contributed by atoms with Crippen molar-refractivity contribution in [2.45, 2.75) is 0 Å². The van der Waals surface area contributed by atoms with Crippen LogP contribution in [0.3, 0.4) is 0 Å². The van der Waals surface area contributed by atoms with E-state index < -0.39 is 5.82 Å². The van der Waals surface area contributed by atoms with Gasteiger partial charge >= 0.3 is 0 Å². The second-order valence-corrected chi connectivity index (χ2v) is 3.73. The fraction of sp³-hybridized carbons (Fsp3) is 0. The zero-order valence-electron chi connectivity index (χ0n) is 9.62. The van der Waals surface area contributed by atoms with Crippen molar-refractivity contribution >= 4 is 5.69 Å². The molecule has 0 unspecified atom stereocenters. The van der Waals surface area contributed by atoms with Crippen LogP contribution in [0.4, 0.5) is 10.1 Å². The average molecular weight is 257 g/mol. The molecule has 0 atom stereocenters. The van der Waals surface area contributed by atoms with Crippen LogP contribution < -0.4 is 5.73 Å². The summed E-state index contributed by atoms with van der Waals surface area (Å²) in [5, 5.41) is 3.72. The van der Waals surface area contributed by atoms with E-state index in [0.717, 1.165) is 0 Å². The summed E-state index contributed by atoms with van der Waals surface area (Å²) < 4.78 is 18.7. The molecule has 0 fully saturated rings. The molecule has 0 bridgehead atoms. The molecule has 0 aliphatic rings. The van der Waals surface area contributed by atoms with Crippen LogP contribution in [-0.4, -0.2) is 20.1 Å². The van der Waals surface area contributed by atoms with Crippen LogP contribution in [0.5, 0.6) is 0 Å². The Kier molecular flexibility index (Phi) is 2.64. The Morgan fingerprint density at radius 1 is 1.11 bits per heavy atom. The fourth-order valence-corrected chi connectivity index (χ4v) is 1.55. The van der Waals surface area contributed by atoms with E-state index in [9.17, 15) is 4.39 Å². The lowest BCUT2D eigenvalue weighted by atomic mass is 10.2. The molecule has 3 aromatic rings. The largest absolute Gasteiger partial charge is 0.399 e. The van der Waals surface area contributed by atoms with Crippen LogP contribution >= 0.6 is 0 Å². The Morgan fingerprint density at radius 3 is 2.68 bits per heavy atom. The molecule has 6 nitrogen and oxygen atoms in total. The van der Waals surface area contributed by atoms with Gasteiger partial charge in [-0.2, -0.15) is 4.98 Å². The van der Waals surface area contributed by atoms with Gasteiger partial charge in [0.25, 0.3) is 5.89 Å². The second-order valence-electron chi connectivity index (χ2n) is 3.73. The number of benzene rings is 1. The van der Waals surface area contributed by atoms with E-state index in [2.05, 4.69) is 20.1 Å². The van der Waals surface area contributed by atoms with Crippen molar-refractivity contribution in [2.24, 2.45) is 0 Å². The molecule has 0 aliphatic carbocycles. The Labute approximate surface area is 107 Å². The van der Waals surface area contributed by atoms with E-state index in [4.69, 9.17) is 10.3 Å². The van der Waals surface area contributed by atoms with Crippen LogP contribution in [0.25, 0.3) is 23.1 Å². The van der Waals surface area contributed by atoms with Crippen LogP contribution in [0.1, 0.15) is 0 Å². The molecular weight excluding hydrogens is 249 g/mol. The number of rotatable bonds is 2. The predicted octanol–water partition coefficient (Wildman–Crippen LogP) is 1.91. The van der Waals surface area contributed by atoms with Crippen LogP contribution in [0, 0.1) is 5.82 Å². The van der Waals surface area contributed by atoms with Crippen molar-refractivity contribution in [3.8, 4) is 23.1 Å². The highest BCUT2D eigenvalue weighted by Gasteiger charge is 2.15. The minimum absolute atomic E-state index is 0.0345. The summed E-state index contributed by atoms with van der Waals surface area (Å²) in [7, 11) is 0. The smallest absolute Gasteiger partial charge is 0.261 e. The lowest BCUT2D eigenvalue weighted by Crippen LogP contribution is -1.91. The molecule has 0 spiro atoms. The monoisotopic (exact) mass is 257 g/mol. The predicted molar refractivity (Wildman–Crippen MR) is 65.1 cm³/mol. The quantitative estimate of drug-likeness (QED) is 0.705. The Morgan fingerprint density at radius 2 is 1.89 bits per heavy atom. The Bertz CT molecular complexity index is 713. The molecule has 7 heteroatoms. The molecule has 2 N–H and O–H groups in total. The molecule has 2 aromatic heterocycles. The molecule has 0 saturated heterocycles. The summed E-state index contributed by atoms with van der Waals surface area (Å²) in [6.07, 6.45) is 3.11. The molecule has 0 aliphatic heterocycles. The number of nitrogens with two attached hydrogens (primary N) is 1. The molecular formula is C12H8FN5O. The zero-order chi connectivity index (χ0) is 13.2. The van der Waals surface area contributed by atoms with E-state index in [1.807, 2.05) is 0 Å². The highest BCUT2D eigenvalue weighted by Crippen LogP contribution is 2.24. The minimum Gasteiger partial charge on any atom is -0.399 e. The lowest BCUT2D eigenvalue weighted by Gasteiger charge is -1.98. The number of halogens is 1. The van der Waals surface area contributed by atoms with E-state index >= 15 is 0 Å². The van der Waals surface area contributed by atoms with Crippen molar-refractivity contribution in [1.82, 2.24) is 20.1 Å². The van der Waals surface area contributed by atoms with Gasteiger partial charge in [0.05, 0.1) is 5.56 Å². The van der Waals surface area contributed by atoms with Gasteiger partial charge in [0, 0.05) is 18.1 Å². The zero-order valence-corrected chi connectivity index (χ0v) is 9.62. The topological polar surface area (TPSA) is 90.7 Å². The lowest BCUT2D eigenvalue weighted by molar-refractivity contribution is 0.429. The third kappa shape index (κ3) is 2.13. The highest BCUT2D eigenvalue weighted by atomic mass is 19.1. The number of nitrogen functional groups attached to an aromatic ring is 1. The summed E-state index contributed by atoms with van der Waals surface area (Å²) in [5.41, 5.74) is 6.16. The van der Waals surface area contributed by atoms with E-state index in [0.29, 0.717) is 11.5 Å². The van der Waals surface area contributed by atoms with Crippen molar-refractivity contribution in [1.29, 1.82) is 0 Å². The standard InChI is InChI=1S/C12H8FN5O/c13-9-3-2-7(14)6-8(9)12-17-11(18-19-12)10-15-4-1-5-16-10/h1-6H,14H2.